The van der Waals surface area contributed by atoms with Crippen LogP contribution in [0.1, 0.15) is 19.8 Å². The monoisotopic (exact) mass is 309 g/mol. The Morgan fingerprint density at radius 1 is 1.64 bits per heavy atom. The summed E-state index contributed by atoms with van der Waals surface area (Å²) in [5.41, 5.74) is 0.967. The van der Waals surface area contributed by atoms with Crippen molar-refractivity contribution in [3.63, 3.8) is 0 Å². The number of nitrogens with two attached hydrogens (primary N) is 1. The highest BCUT2D eigenvalue weighted by molar-refractivity contribution is 14.1. The molecule has 0 bridgehead atoms. The molecule has 14 heavy (non-hydrogen) atoms. The van der Waals surface area contributed by atoms with E-state index in [9.17, 15) is 9.59 Å². The van der Waals surface area contributed by atoms with Gasteiger partial charge in [0.05, 0.1) is 0 Å². The van der Waals surface area contributed by atoms with Crippen LogP contribution in [0.15, 0.2) is 11.4 Å². The first-order valence-corrected chi connectivity index (χ1v) is 5.78. The summed E-state index contributed by atoms with van der Waals surface area (Å²) in [5, 5.41) is 3.64. The van der Waals surface area contributed by atoms with Gasteiger partial charge in [-0.05, 0) is 12.0 Å². The van der Waals surface area contributed by atoms with E-state index in [1.165, 1.54) is 0 Å². The second-order valence-corrected chi connectivity index (χ2v) is 3.69. The van der Waals surface area contributed by atoms with Gasteiger partial charge in [0, 0.05) is 4.43 Å². The second-order valence-electron chi connectivity index (χ2n) is 2.93. The molecule has 78 valence electrons. The average Bonchev–Trinajstić information content (AvgIpc) is 2.15. The number of carbonyl (C=O) groups excluding carboxylic acids is 2. The van der Waals surface area contributed by atoms with Gasteiger partial charge in [-0.25, -0.2) is 10.9 Å². The molecule has 1 rings (SSSR count). The highest BCUT2D eigenvalue weighted by Gasteiger charge is 2.27. The van der Waals surface area contributed by atoms with Gasteiger partial charge in [0.2, 0.25) is 5.91 Å². The first kappa shape index (κ1) is 11.4. The van der Waals surface area contributed by atoms with Crippen molar-refractivity contribution in [2.24, 2.45) is 5.84 Å². The van der Waals surface area contributed by atoms with Crippen LogP contribution in [-0.4, -0.2) is 21.3 Å². The summed E-state index contributed by atoms with van der Waals surface area (Å²) >= 11 is 2.17. The van der Waals surface area contributed by atoms with Gasteiger partial charge < -0.3 is 5.32 Å². The molecule has 3 N–H and O–H groups in total. The third kappa shape index (κ3) is 2.24. The maximum absolute atomic E-state index is 11.3. The Kier molecular flexibility index (Phi) is 3.87. The zero-order valence-electron chi connectivity index (χ0n) is 7.84. The van der Waals surface area contributed by atoms with E-state index in [1.54, 1.807) is 0 Å². The maximum Gasteiger partial charge on any atom is 0.251 e. The van der Waals surface area contributed by atoms with Crippen molar-refractivity contribution in [3.8, 4) is 0 Å². The van der Waals surface area contributed by atoms with Crippen molar-refractivity contribution in [1.29, 1.82) is 0 Å². The van der Waals surface area contributed by atoms with Gasteiger partial charge in [-0.3, -0.25) is 9.59 Å². The fraction of sp³-hybridized carbons (Fsp3) is 0.500. The molecule has 0 aromatic heterocycles. The van der Waals surface area contributed by atoms with Gasteiger partial charge >= 0.3 is 0 Å². The summed E-state index contributed by atoms with van der Waals surface area (Å²) < 4.78 is 0.741. The first-order valence-electron chi connectivity index (χ1n) is 4.25. The van der Waals surface area contributed by atoms with Gasteiger partial charge in [-0.2, -0.15) is 0 Å². The molecule has 1 saturated heterocycles. The standard InChI is InChI=1S/C8H12IN3O2/c1-2-5(4-9)8-11-6(13)3-7(14)12(8)10/h2-4,10H2,1H3,(H,11,13)/b8-5-. The fourth-order valence-electron chi connectivity index (χ4n) is 1.17. The molecule has 0 unspecified atom stereocenters. The Labute approximate surface area is 95.8 Å². The first-order chi connectivity index (χ1) is 6.60. The third-order valence-corrected chi connectivity index (χ3v) is 2.92. The number of halogens is 1. The minimum absolute atomic E-state index is 0.168. The Hall–Kier alpha value is -0.630. The van der Waals surface area contributed by atoms with Crippen LogP contribution in [0.3, 0.4) is 0 Å². The van der Waals surface area contributed by atoms with E-state index >= 15 is 0 Å². The van der Waals surface area contributed by atoms with E-state index < -0.39 is 0 Å². The van der Waals surface area contributed by atoms with Crippen LogP contribution in [0.4, 0.5) is 0 Å². The predicted molar refractivity (Wildman–Crippen MR) is 60.0 cm³/mol. The van der Waals surface area contributed by atoms with Crippen LogP contribution in [-0.2, 0) is 9.59 Å². The molecule has 0 aromatic rings. The Balaban J connectivity index is 3.01. The van der Waals surface area contributed by atoms with E-state index in [-0.39, 0.29) is 18.2 Å². The molecule has 0 aromatic carbocycles. The van der Waals surface area contributed by atoms with Crippen molar-refractivity contribution in [1.82, 2.24) is 10.3 Å². The molecular formula is C8H12IN3O2. The lowest BCUT2D eigenvalue weighted by atomic mass is 10.2. The molecule has 5 nitrogen and oxygen atoms in total. The Morgan fingerprint density at radius 2 is 2.29 bits per heavy atom. The average molecular weight is 309 g/mol. The predicted octanol–water partition coefficient (Wildman–Crippen LogP) is 0.265. The quantitative estimate of drug-likeness (QED) is 0.253. The number of rotatable bonds is 2. The largest absolute Gasteiger partial charge is 0.311 e. The summed E-state index contributed by atoms with van der Waals surface area (Å²) in [7, 11) is 0. The molecule has 1 aliphatic heterocycles. The number of nitrogens with zero attached hydrogens (tertiary/aromatic N) is 1. The normalized spacial score (nSPS) is 20.9. The molecule has 0 atom stereocenters. The highest BCUT2D eigenvalue weighted by atomic mass is 127. The van der Waals surface area contributed by atoms with Crippen LogP contribution < -0.4 is 11.2 Å². The lowest BCUT2D eigenvalue weighted by Crippen LogP contribution is -2.50. The molecule has 1 aliphatic rings. The number of hydrazine groups is 1. The SMILES string of the molecule is CC/C(CI)=C1\NC(=O)CC(=O)N1N. The van der Waals surface area contributed by atoms with Crippen LogP contribution in [0, 0.1) is 0 Å². The van der Waals surface area contributed by atoms with Gasteiger partial charge in [0.15, 0.2) is 0 Å². The van der Waals surface area contributed by atoms with Crippen molar-refractivity contribution in [3.05, 3.63) is 11.4 Å². The molecule has 0 spiro atoms. The number of nitrogens with one attached hydrogen (secondary N) is 1. The number of allylic oxidation sites excluding steroid dienone is 1. The number of carbonyl (C=O) groups is 2. The van der Waals surface area contributed by atoms with Crippen molar-refractivity contribution in [2.45, 2.75) is 19.8 Å². The van der Waals surface area contributed by atoms with Gasteiger partial charge in [0.25, 0.3) is 5.91 Å². The van der Waals surface area contributed by atoms with Gasteiger partial charge in [-0.1, -0.05) is 29.5 Å². The summed E-state index contributed by atoms with van der Waals surface area (Å²) in [4.78, 5) is 22.4. The van der Waals surface area contributed by atoms with E-state index in [2.05, 4.69) is 27.9 Å². The molecule has 0 aliphatic carbocycles. The van der Waals surface area contributed by atoms with E-state index in [0.29, 0.717) is 5.82 Å². The maximum atomic E-state index is 11.3. The summed E-state index contributed by atoms with van der Waals surface area (Å²) in [5.74, 6) is 5.34. The molecular weight excluding hydrogens is 297 g/mol. The fourth-order valence-corrected chi connectivity index (χ4v) is 2.07. The second kappa shape index (κ2) is 4.74. The zero-order chi connectivity index (χ0) is 10.7. The van der Waals surface area contributed by atoms with E-state index in [0.717, 1.165) is 21.4 Å². The van der Waals surface area contributed by atoms with Crippen molar-refractivity contribution < 1.29 is 9.59 Å². The topological polar surface area (TPSA) is 75.4 Å². The lowest BCUT2D eigenvalue weighted by molar-refractivity contribution is -0.138. The van der Waals surface area contributed by atoms with Gasteiger partial charge in [-0.15, -0.1) is 0 Å². The van der Waals surface area contributed by atoms with Crippen molar-refractivity contribution >= 4 is 34.4 Å². The van der Waals surface area contributed by atoms with Gasteiger partial charge in [0.1, 0.15) is 12.2 Å². The molecule has 2 amide bonds. The molecule has 1 heterocycles. The summed E-state index contributed by atoms with van der Waals surface area (Å²) in [6.07, 6.45) is 0.595. The van der Waals surface area contributed by atoms with Crippen LogP contribution in [0.2, 0.25) is 0 Å². The number of alkyl halides is 1. The minimum atomic E-state index is -0.362. The summed E-state index contributed by atoms with van der Waals surface area (Å²) in [6, 6.07) is 0. The van der Waals surface area contributed by atoms with Crippen LogP contribution in [0.25, 0.3) is 0 Å². The number of hydrogen-bond acceptors (Lipinski definition) is 3. The Morgan fingerprint density at radius 3 is 2.79 bits per heavy atom. The molecule has 0 saturated carbocycles. The number of hydrogen-bond donors (Lipinski definition) is 2. The Bertz CT molecular complexity index is 295. The summed E-state index contributed by atoms with van der Waals surface area (Å²) in [6.45, 7) is 1.96. The van der Waals surface area contributed by atoms with E-state index in [4.69, 9.17) is 5.84 Å². The lowest BCUT2D eigenvalue weighted by Gasteiger charge is -2.27. The molecule has 6 heteroatoms. The van der Waals surface area contributed by atoms with Crippen LogP contribution in [0.5, 0.6) is 0 Å². The molecule has 0 radical (unpaired) electrons. The zero-order valence-corrected chi connectivity index (χ0v) is 10.00. The highest BCUT2D eigenvalue weighted by Crippen LogP contribution is 2.15. The smallest absolute Gasteiger partial charge is 0.251 e. The number of amides is 2. The van der Waals surface area contributed by atoms with Crippen molar-refractivity contribution in [2.75, 3.05) is 4.43 Å². The van der Waals surface area contributed by atoms with Crippen LogP contribution >= 0.6 is 22.6 Å². The van der Waals surface area contributed by atoms with E-state index in [1.807, 2.05) is 6.92 Å². The molecule has 1 fully saturated rings. The minimum Gasteiger partial charge on any atom is -0.311 e. The third-order valence-electron chi connectivity index (χ3n) is 2.00.